The molecule has 0 radical (unpaired) electrons. The number of hydrogen-bond donors (Lipinski definition) is 3. The molecule has 0 aliphatic heterocycles. The third-order valence-corrected chi connectivity index (χ3v) is 4.12. The minimum atomic E-state index is -3.03. The SMILES string of the molecule is CCNC(=NCC(=O)Nc1cccc(F)c1)NC(C)CCS(C)(=O)=O.I. The van der Waals surface area contributed by atoms with Crippen LogP contribution in [0.15, 0.2) is 29.3 Å². The summed E-state index contributed by atoms with van der Waals surface area (Å²) < 4.78 is 35.5. The Balaban J connectivity index is 0.00000625. The molecule has 1 rings (SSSR count). The number of benzene rings is 1. The number of halogens is 2. The van der Waals surface area contributed by atoms with Crippen LogP contribution in [-0.4, -0.2) is 51.4 Å². The molecule has 10 heteroatoms. The summed E-state index contributed by atoms with van der Waals surface area (Å²) in [6.07, 6.45) is 1.62. The molecular weight excluding hydrogens is 474 g/mol. The molecular formula is C16H26FIN4O3S. The number of anilines is 1. The third kappa shape index (κ3) is 11.2. The minimum Gasteiger partial charge on any atom is -0.357 e. The Hall–Kier alpha value is -1.43. The van der Waals surface area contributed by atoms with Crippen LogP contribution in [-0.2, 0) is 14.6 Å². The van der Waals surface area contributed by atoms with E-state index in [2.05, 4.69) is 20.9 Å². The molecule has 3 N–H and O–H groups in total. The molecule has 1 amide bonds. The van der Waals surface area contributed by atoms with Gasteiger partial charge in [0.2, 0.25) is 5.91 Å². The van der Waals surface area contributed by atoms with Crippen molar-refractivity contribution in [1.29, 1.82) is 0 Å². The number of aliphatic imine (C=N–C) groups is 1. The fourth-order valence-corrected chi connectivity index (χ4v) is 2.72. The fraction of sp³-hybridized carbons (Fsp3) is 0.500. The Morgan fingerprint density at radius 2 is 2.04 bits per heavy atom. The van der Waals surface area contributed by atoms with Crippen molar-refractivity contribution in [3.63, 3.8) is 0 Å². The van der Waals surface area contributed by atoms with E-state index in [4.69, 9.17) is 0 Å². The van der Waals surface area contributed by atoms with Gasteiger partial charge < -0.3 is 16.0 Å². The van der Waals surface area contributed by atoms with Crippen LogP contribution in [0, 0.1) is 5.82 Å². The normalized spacial score (nSPS) is 12.7. The molecule has 1 aromatic rings. The van der Waals surface area contributed by atoms with Crippen LogP contribution in [0.2, 0.25) is 0 Å². The Labute approximate surface area is 171 Å². The van der Waals surface area contributed by atoms with Gasteiger partial charge in [0.25, 0.3) is 0 Å². The maximum atomic E-state index is 13.1. The van der Waals surface area contributed by atoms with Crippen LogP contribution in [0.4, 0.5) is 10.1 Å². The zero-order chi connectivity index (χ0) is 18.9. The van der Waals surface area contributed by atoms with Crippen LogP contribution in [0.5, 0.6) is 0 Å². The van der Waals surface area contributed by atoms with E-state index >= 15 is 0 Å². The number of carbonyl (C=O) groups excluding carboxylic acids is 1. The van der Waals surface area contributed by atoms with E-state index < -0.39 is 15.7 Å². The quantitative estimate of drug-likeness (QED) is 0.287. The van der Waals surface area contributed by atoms with Gasteiger partial charge in [0.05, 0.1) is 5.75 Å². The first-order valence-corrected chi connectivity index (χ1v) is 10.0. The van der Waals surface area contributed by atoms with Gasteiger partial charge in [0.15, 0.2) is 5.96 Å². The Bertz CT molecular complexity index is 713. The lowest BCUT2D eigenvalue weighted by atomic mass is 10.3. The zero-order valence-corrected chi connectivity index (χ0v) is 18.2. The molecule has 0 aromatic heterocycles. The highest BCUT2D eigenvalue weighted by molar-refractivity contribution is 14.0. The van der Waals surface area contributed by atoms with Gasteiger partial charge in [-0.15, -0.1) is 24.0 Å². The molecule has 0 fully saturated rings. The van der Waals surface area contributed by atoms with E-state index in [-0.39, 0.29) is 48.2 Å². The number of carbonyl (C=O) groups is 1. The first-order chi connectivity index (χ1) is 11.7. The van der Waals surface area contributed by atoms with Crippen molar-refractivity contribution in [2.45, 2.75) is 26.3 Å². The zero-order valence-electron chi connectivity index (χ0n) is 15.1. The number of sulfone groups is 1. The summed E-state index contributed by atoms with van der Waals surface area (Å²) in [5, 5.41) is 8.60. The molecule has 7 nitrogen and oxygen atoms in total. The van der Waals surface area contributed by atoms with Crippen LogP contribution in [0.25, 0.3) is 0 Å². The average molecular weight is 500 g/mol. The lowest BCUT2D eigenvalue weighted by Gasteiger charge is -2.17. The van der Waals surface area contributed by atoms with Crippen LogP contribution >= 0.6 is 24.0 Å². The summed E-state index contributed by atoms with van der Waals surface area (Å²) in [5.41, 5.74) is 0.361. The van der Waals surface area contributed by atoms with Crippen molar-refractivity contribution in [3.05, 3.63) is 30.1 Å². The van der Waals surface area contributed by atoms with Crippen molar-refractivity contribution < 1.29 is 17.6 Å². The smallest absolute Gasteiger partial charge is 0.246 e. The number of hydrogen-bond acceptors (Lipinski definition) is 4. The Morgan fingerprint density at radius 1 is 1.35 bits per heavy atom. The van der Waals surface area contributed by atoms with E-state index in [1.54, 1.807) is 6.07 Å². The Kier molecular flexibility index (Phi) is 11.4. The standard InChI is InChI=1S/C16H25FN4O3S.HI/c1-4-18-16(20-12(2)8-9-25(3,23)24)19-11-15(22)21-14-7-5-6-13(17)10-14;/h5-7,10,12H,4,8-9,11H2,1-3H3,(H,21,22)(H2,18,19,20);1H. The van der Waals surface area contributed by atoms with E-state index in [9.17, 15) is 17.6 Å². The van der Waals surface area contributed by atoms with Gasteiger partial charge in [0, 0.05) is 24.5 Å². The summed E-state index contributed by atoms with van der Waals surface area (Å²) in [7, 11) is -3.03. The molecule has 0 spiro atoms. The number of rotatable bonds is 8. The Morgan fingerprint density at radius 3 is 2.62 bits per heavy atom. The summed E-state index contributed by atoms with van der Waals surface area (Å²) in [5.74, 6) is -0.332. The molecule has 1 atom stereocenters. The maximum absolute atomic E-state index is 13.1. The highest BCUT2D eigenvalue weighted by Gasteiger charge is 2.10. The first kappa shape index (κ1) is 24.6. The largest absolute Gasteiger partial charge is 0.357 e. The van der Waals surface area contributed by atoms with Gasteiger partial charge in [-0.2, -0.15) is 0 Å². The molecule has 1 aromatic carbocycles. The summed E-state index contributed by atoms with van der Waals surface area (Å²) in [6, 6.07) is 5.47. The number of nitrogens with one attached hydrogen (secondary N) is 3. The molecule has 26 heavy (non-hydrogen) atoms. The van der Waals surface area contributed by atoms with Crippen LogP contribution in [0.3, 0.4) is 0 Å². The molecule has 0 bridgehead atoms. The summed E-state index contributed by atoms with van der Waals surface area (Å²) in [6.45, 7) is 4.16. The lowest BCUT2D eigenvalue weighted by molar-refractivity contribution is -0.114. The second kappa shape index (κ2) is 12.0. The maximum Gasteiger partial charge on any atom is 0.246 e. The predicted octanol–water partition coefficient (Wildman–Crippen LogP) is 1.76. The van der Waals surface area contributed by atoms with Gasteiger partial charge >= 0.3 is 0 Å². The highest BCUT2D eigenvalue weighted by atomic mass is 127. The van der Waals surface area contributed by atoms with Crippen LogP contribution < -0.4 is 16.0 Å². The molecule has 0 heterocycles. The van der Waals surface area contributed by atoms with Gasteiger partial charge in [-0.1, -0.05) is 6.07 Å². The summed E-state index contributed by atoms with van der Waals surface area (Å²) in [4.78, 5) is 16.1. The average Bonchev–Trinajstić information content (AvgIpc) is 2.50. The lowest BCUT2D eigenvalue weighted by Crippen LogP contribution is -2.43. The van der Waals surface area contributed by atoms with Crippen molar-refractivity contribution in [2.24, 2.45) is 4.99 Å². The molecule has 1 unspecified atom stereocenters. The number of guanidine groups is 1. The van der Waals surface area contributed by atoms with Gasteiger partial charge in [-0.25, -0.2) is 17.8 Å². The second-order valence-corrected chi connectivity index (χ2v) is 7.98. The molecule has 0 saturated carbocycles. The van der Waals surface area contributed by atoms with Gasteiger partial charge in [-0.05, 0) is 38.5 Å². The molecule has 0 saturated heterocycles. The first-order valence-electron chi connectivity index (χ1n) is 7.97. The van der Waals surface area contributed by atoms with Crippen LogP contribution in [0.1, 0.15) is 20.3 Å². The van der Waals surface area contributed by atoms with Crippen molar-refractivity contribution in [1.82, 2.24) is 10.6 Å². The molecule has 0 aliphatic carbocycles. The van der Waals surface area contributed by atoms with Crippen molar-refractivity contribution >= 4 is 51.4 Å². The van der Waals surface area contributed by atoms with Gasteiger partial charge in [-0.3, -0.25) is 4.79 Å². The monoisotopic (exact) mass is 500 g/mol. The fourth-order valence-electron chi connectivity index (χ4n) is 1.93. The van der Waals surface area contributed by atoms with E-state index in [1.807, 2.05) is 13.8 Å². The number of amides is 1. The van der Waals surface area contributed by atoms with Gasteiger partial charge in [0.1, 0.15) is 22.2 Å². The molecule has 148 valence electrons. The topological polar surface area (TPSA) is 99.7 Å². The summed E-state index contributed by atoms with van der Waals surface area (Å²) >= 11 is 0. The second-order valence-electron chi connectivity index (χ2n) is 5.72. The minimum absolute atomic E-state index is 0. The third-order valence-electron chi connectivity index (χ3n) is 3.14. The molecule has 0 aliphatic rings. The predicted molar refractivity (Wildman–Crippen MR) is 113 cm³/mol. The number of nitrogens with zero attached hydrogens (tertiary/aromatic N) is 1. The van der Waals surface area contributed by atoms with Crippen molar-refractivity contribution in [3.8, 4) is 0 Å². The van der Waals surface area contributed by atoms with Crippen molar-refractivity contribution in [2.75, 3.05) is 30.4 Å². The van der Waals surface area contributed by atoms with E-state index in [0.29, 0.717) is 24.6 Å². The van der Waals surface area contributed by atoms with E-state index in [0.717, 1.165) is 0 Å². The van der Waals surface area contributed by atoms with E-state index in [1.165, 1.54) is 24.5 Å². The highest BCUT2D eigenvalue weighted by Crippen LogP contribution is 2.08.